The fourth-order valence-corrected chi connectivity index (χ4v) is 2.47. The summed E-state index contributed by atoms with van der Waals surface area (Å²) in [4.78, 5) is 4.76. The quantitative estimate of drug-likeness (QED) is 0.790. The van der Waals surface area contributed by atoms with Gasteiger partial charge in [-0.25, -0.2) is 0 Å². The second-order valence-corrected chi connectivity index (χ2v) is 5.81. The highest BCUT2D eigenvalue weighted by molar-refractivity contribution is 5.07. The van der Waals surface area contributed by atoms with E-state index in [2.05, 4.69) is 49.0 Å². The van der Waals surface area contributed by atoms with Gasteiger partial charge in [-0.2, -0.15) is 5.26 Å². The number of nitrogens with zero attached hydrogens (tertiary/aromatic N) is 3. The van der Waals surface area contributed by atoms with Crippen LogP contribution in [0.1, 0.15) is 27.7 Å². The molecule has 17 heavy (non-hydrogen) atoms. The molecule has 0 saturated carbocycles. The van der Waals surface area contributed by atoms with Gasteiger partial charge in [0.2, 0.25) is 0 Å². The first kappa shape index (κ1) is 14.4. The maximum atomic E-state index is 9.33. The Morgan fingerprint density at radius 2 is 2.12 bits per heavy atom. The average Bonchev–Trinajstić information content (AvgIpc) is 2.22. The molecule has 1 fully saturated rings. The van der Waals surface area contributed by atoms with E-state index in [9.17, 15) is 5.26 Å². The van der Waals surface area contributed by atoms with Gasteiger partial charge in [-0.15, -0.1) is 0 Å². The summed E-state index contributed by atoms with van der Waals surface area (Å²) in [6, 6.07) is 3.33. The highest BCUT2D eigenvalue weighted by Crippen LogP contribution is 2.12. The second-order valence-electron chi connectivity index (χ2n) is 5.81. The zero-order valence-corrected chi connectivity index (χ0v) is 11.8. The van der Waals surface area contributed by atoms with Gasteiger partial charge in [0.25, 0.3) is 0 Å². The van der Waals surface area contributed by atoms with Crippen molar-refractivity contribution in [3.8, 4) is 6.07 Å². The molecule has 0 bridgehead atoms. The molecule has 0 radical (unpaired) electrons. The van der Waals surface area contributed by atoms with Crippen LogP contribution >= 0.6 is 0 Å². The van der Waals surface area contributed by atoms with E-state index < -0.39 is 5.54 Å². The van der Waals surface area contributed by atoms with Crippen LogP contribution in [-0.2, 0) is 0 Å². The third kappa shape index (κ3) is 4.27. The molecule has 4 nitrogen and oxygen atoms in total. The van der Waals surface area contributed by atoms with E-state index in [1.165, 1.54) is 0 Å². The third-order valence-electron chi connectivity index (χ3n) is 3.44. The lowest BCUT2D eigenvalue weighted by Gasteiger charge is -2.40. The predicted octanol–water partition coefficient (Wildman–Crippen LogP) is 0.903. The van der Waals surface area contributed by atoms with Crippen molar-refractivity contribution < 1.29 is 0 Å². The van der Waals surface area contributed by atoms with Gasteiger partial charge in [0.15, 0.2) is 0 Å². The molecule has 1 aliphatic heterocycles. The van der Waals surface area contributed by atoms with E-state index in [1.54, 1.807) is 0 Å². The number of nitrogens with one attached hydrogen (secondary N) is 1. The minimum atomic E-state index is -0.441. The molecule has 1 saturated heterocycles. The second kappa shape index (κ2) is 5.81. The molecule has 1 aliphatic rings. The monoisotopic (exact) mass is 238 g/mol. The van der Waals surface area contributed by atoms with Crippen molar-refractivity contribution in [2.75, 3.05) is 33.2 Å². The molecule has 0 aromatic rings. The van der Waals surface area contributed by atoms with Crippen LogP contribution in [0.2, 0.25) is 0 Å². The maximum Gasteiger partial charge on any atom is 0.116 e. The molecule has 2 unspecified atom stereocenters. The Hall–Kier alpha value is -0.630. The molecule has 0 aromatic heterocycles. The SMILES string of the molecule is CC(C)NC(C)(C#N)CN1CCN(C)C(C)C1. The van der Waals surface area contributed by atoms with Crippen molar-refractivity contribution in [1.82, 2.24) is 15.1 Å². The van der Waals surface area contributed by atoms with Crippen LogP contribution < -0.4 is 5.32 Å². The molecule has 2 atom stereocenters. The van der Waals surface area contributed by atoms with Gasteiger partial charge in [-0.1, -0.05) is 0 Å². The molecule has 0 spiro atoms. The standard InChI is InChI=1S/C13H26N4/c1-11(2)15-13(4,9-14)10-17-7-6-16(5)12(3)8-17/h11-12,15H,6-8,10H2,1-5H3. The zero-order chi connectivity index (χ0) is 13.1. The molecule has 0 aromatic carbocycles. The van der Waals surface area contributed by atoms with E-state index in [4.69, 9.17) is 0 Å². The summed E-state index contributed by atoms with van der Waals surface area (Å²) in [5, 5.41) is 12.7. The number of hydrogen-bond donors (Lipinski definition) is 1. The van der Waals surface area contributed by atoms with Gasteiger partial charge in [0.1, 0.15) is 5.54 Å². The lowest BCUT2D eigenvalue weighted by molar-refractivity contribution is 0.0892. The van der Waals surface area contributed by atoms with E-state index in [-0.39, 0.29) is 0 Å². The van der Waals surface area contributed by atoms with Crippen LogP contribution in [0.5, 0.6) is 0 Å². The summed E-state index contributed by atoms with van der Waals surface area (Å²) in [6.07, 6.45) is 0. The summed E-state index contributed by atoms with van der Waals surface area (Å²) < 4.78 is 0. The van der Waals surface area contributed by atoms with E-state index in [0.29, 0.717) is 12.1 Å². The van der Waals surface area contributed by atoms with E-state index in [0.717, 1.165) is 26.2 Å². The molecule has 1 heterocycles. The van der Waals surface area contributed by atoms with Gasteiger partial charge in [0, 0.05) is 38.3 Å². The molecule has 4 heteroatoms. The number of likely N-dealkylation sites (N-methyl/N-ethyl adjacent to an activating group) is 1. The molecule has 1 N–H and O–H groups in total. The van der Waals surface area contributed by atoms with Crippen LogP contribution in [0, 0.1) is 11.3 Å². The lowest BCUT2D eigenvalue weighted by atomic mass is 10.0. The Bertz CT molecular complexity index is 284. The highest BCUT2D eigenvalue weighted by atomic mass is 15.3. The van der Waals surface area contributed by atoms with Crippen LogP contribution in [-0.4, -0.2) is 60.6 Å². The third-order valence-corrected chi connectivity index (χ3v) is 3.44. The smallest absolute Gasteiger partial charge is 0.116 e. The minimum absolute atomic E-state index is 0.338. The van der Waals surface area contributed by atoms with E-state index in [1.807, 2.05) is 6.92 Å². The summed E-state index contributed by atoms with van der Waals surface area (Å²) in [7, 11) is 2.16. The van der Waals surface area contributed by atoms with Gasteiger partial charge < -0.3 is 4.90 Å². The summed E-state index contributed by atoms with van der Waals surface area (Å²) in [6.45, 7) is 12.4. The Morgan fingerprint density at radius 3 is 2.59 bits per heavy atom. The molecular weight excluding hydrogens is 212 g/mol. The molecule has 0 aliphatic carbocycles. The number of piperazine rings is 1. The Morgan fingerprint density at radius 1 is 1.47 bits per heavy atom. The molecular formula is C13H26N4. The molecule has 1 rings (SSSR count). The van der Waals surface area contributed by atoms with Crippen molar-refractivity contribution in [3.05, 3.63) is 0 Å². The van der Waals surface area contributed by atoms with Crippen LogP contribution in [0.15, 0.2) is 0 Å². The first-order valence-electron chi connectivity index (χ1n) is 6.48. The van der Waals surface area contributed by atoms with Crippen LogP contribution in [0.4, 0.5) is 0 Å². The van der Waals surface area contributed by atoms with Crippen LogP contribution in [0.25, 0.3) is 0 Å². The number of hydrogen-bond acceptors (Lipinski definition) is 4. The largest absolute Gasteiger partial charge is 0.301 e. The Balaban J connectivity index is 2.55. The summed E-state index contributed by atoms with van der Waals surface area (Å²) in [5.41, 5.74) is -0.441. The fraction of sp³-hybridized carbons (Fsp3) is 0.923. The van der Waals surface area contributed by atoms with Crippen molar-refractivity contribution in [1.29, 1.82) is 5.26 Å². The fourth-order valence-electron chi connectivity index (χ4n) is 2.47. The van der Waals surface area contributed by atoms with Gasteiger partial charge in [-0.3, -0.25) is 10.2 Å². The van der Waals surface area contributed by atoms with E-state index >= 15 is 0 Å². The molecule has 0 amide bonds. The maximum absolute atomic E-state index is 9.33. The predicted molar refractivity (Wildman–Crippen MR) is 70.8 cm³/mol. The summed E-state index contributed by atoms with van der Waals surface area (Å²) in [5.74, 6) is 0. The Labute approximate surface area is 106 Å². The zero-order valence-electron chi connectivity index (χ0n) is 11.8. The van der Waals surface area contributed by atoms with Crippen LogP contribution in [0.3, 0.4) is 0 Å². The number of rotatable bonds is 4. The van der Waals surface area contributed by atoms with Gasteiger partial charge in [0.05, 0.1) is 6.07 Å². The normalized spacial score (nSPS) is 26.8. The van der Waals surface area contributed by atoms with Crippen molar-refractivity contribution >= 4 is 0 Å². The lowest BCUT2D eigenvalue weighted by Crippen LogP contribution is -2.58. The summed E-state index contributed by atoms with van der Waals surface area (Å²) >= 11 is 0. The van der Waals surface area contributed by atoms with Crippen molar-refractivity contribution in [2.45, 2.75) is 45.3 Å². The number of nitriles is 1. The van der Waals surface area contributed by atoms with Crippen molar-refractivity contribution in [3.63, 3.8) is 0 Å². The van der Waals surface area contributed by atoms with Gasteiger partial charge >= 0.3 is 0 Å². The minimum Gasteiger partial charge on any atom is -0.301 e. The Kier molecular flexibility index (Phi) is 4.93. The average molecular weight is 238 g/mol. The van der Waals surface area contributed by atoms with Gasteiger partial charge in [-0.05, 0) is 34.7 Å². The topological polar surface area (TPSA) is 42.3 Å². The van der Waals surface area contributed by atoms with Crippen molar-refractivity contribution in [2.24, 2.45) is 0 Å². The molecule has 98 valence electrons. The first-order chi connectivity index (χ1) is 7.86. The first-order valence-corrected chi connectivity index (χ1v) is 6.48. The highest BCUT2D eigenvalue weighted by Gasteiger charge is 2.30.